The molecule has 0 saturated carbocycles. The lowest BCUT2D eigenvalue weighted by Crippen LogP contribution is -2.03. The SMILES string of the molecule is O=C(c1cc(Br)ccc1O)c1c(Br)ccc(O)c1O. The van der Waals surface area contributed by atoms with Crippen molar-refractivity contribution in [2.45, 2.75) is 0 Å². The summed E-state index contributed by atoms with van der Waals surface area (Å²) in [5, 5.41) is 28.9. The minimum atomic E-state index is -0.598. The van der Waals surface area contributed by atoms with E-state index >= 15 is 0 Å². The Balaban J connectivity index is 2.63. The molecule has 0 aliphatic rings. The van der Waals surface area contributed by atoms with Crippen LogP contribution in [0.5, 0.6) is 17.2 Å². The molecule has 0 heterocycles. The summed E-state index contributed by atoms with van der Waals surface area (Å²) in [4.78, 5) is 12.3. The molecule has 0 unspecified atom stereocenters. The van der Waals surface area contributed by atoms with E-state index < -0.39 is 17.3 Å². The topological polar surface area (TPSA) is 77.8 Å². The van der Waals surface area contributed by atoms with E-state index in [4.69, 9.17) is 0 Å². The summed E-state index contributed by atoms with van der Waals surface area (Å²) in [6.45, 7) is 0. The number of rotatable bonds is 2. The summed E-state index contributed by atoms with van der Waals surface area (Å²) < 4.78 is 0.941. The van der Waals surface area contributed by atoms with Gasteiger partial charge < -0.3 is 15.3 Å². The number of aromatic hydroxyl groups is 3. The van der Waals surface area contributed by atoms with Gasteiger partial charge in [0.2, 0.25) is 5.78 Å². The highest BCUT2D eigenvalue weighted by Gasteiger charge is 2.22. The summed E-state index contributed by atoms with van der Waals surface area (Å²) in [5.41, 5.74) is -0.0793. The summed E-state index contributed by atoms with van der Waals surface area (Å²) in [5.74, 6) is -1.73. The van der Waals surface area contributed by atoms with E-state index in [1.54, 1.807) is 6.07 Å². The molecule has 0 atom stereocenters. The van der Waals surface area contributed by atoms with Crippen LogP contribution in [0.1, 0.15) is 15.9 Å². The number of carbonyl (C=O) groups is 1. The van der Waals surface area contributed by atoms with Gasteiger partial charge in [-0.05, 0) is 46.3 Å². The van der Waals surface area contributed by atoms with Crippen molar-refractivity contribution in [1.82, 2.24) is 0 Å². The minimum absolute atomic E-state index is 0.0241. The summed E-state index contributed by atoms with van der Waals surface area (Å²) in [6.07, 6.45) is 0. The van der Waals surface area contributed by atoms with Crippen LogP contribution in [0, 0.1) is 0 Å². The van der Waals surface area contributed by atoms with E-state index in [2.05, 4.69) is 31.9 Å². The Morgan fingerprint density at radius 3 is 2.26 bits per heavy atom. The molecule has 0 fully saturated rings. The smallest absolute Gasteiger partial charge is 0.201 e. The van der Waals surface area contributed by atoms with Gasteiger partial charge in [0.1, 0.15) is 5.75 Å². The Morgan fingerprint density at radius 2 is 1.58 bits per heavy atom. The normalized spacial score (nSPS) is 10.4. The fraction of sp³-hybridized carbons (Fsp3) is 0. The number of benzene rings is 2. The number of phenolic OH excluding ortho intramolecular Hbond substituents is 3. The maximum atomic E-state index is 12.3. The van der Waals surface area contributed by atoms with Gasteiger partial charge in [-0.2, -0.15) is 0 Å². The number of ketones is 1. The van der Waals surface area contributed by atoms with Gasteiger partial charge >= 0.3 is 0 Å². The quantitative estimate of drug-likeness (QED) is 0.543. The number of hydrogen-bond acceptors (Lipinski definition) is 4. The lowest BCUT2D eigenvalue weighted by atomic mass is 10.0. The van der Waals surface area contributed by atoms with Gasteiger partial charge in [-0.1, -0.05) is 15.9 Å². The van der Waals surface area contributed by atoms with Crippen LogP contribution in [0.25, 0.3) is 0 Å². The third kappa shape index (κ3) is 2.59. The third-order valence-corrected chi connectivity index (χ3v) is 3.69. The van der Waals surface area contributed by atoms with Crippen LogP contribution in [0.3, 0.4) is 0 Å². The van der Waals surface area contributed by atoms with Crippen molar-refractivity contribution in [3.05, 3.63) is 50.4 Å². The summed E-state index contributed by atoms with van der Waals surface area (Å²) in [7, 11) is 0. The number of carbonyl (C=O) groups excluding carboxylic acids is 1. The van der Waals surface area contributed by atoms with Crippen LogP contribution >= 0.6 is 31.9 Å². The average Bonchev–Trinajstić information content (AvgIpc) is 2.37. The van der Waals surface area contributed by atoms with Gasteiger partial charge in [0.15, 0.2) is 11.5 Å². The largest absolute Gasteiger partial charge is 0.507 e. The Kier molecular flexibility index (Phi) is 3.82. The summed E-state index contributed by atoms with van der Waals surface area (Å²) >= 11 is 6.34. The Labute approximate surface area is 125 Å². The van der Waals surface area contributed by atoms with E-state index in [0.717, 1.165) is 0 Å². The zero-order chi connectivity index (χ0) is 14.2. The third-order valence-electron chi connectivity index (χ3n) is 2.54. The van der Waals surface area contributed by atoms with Crippen molar-refractivity contribution in [2.75, 3.05) is 0 Å². The molecule has 4 nitrogen and oxygen atoms in total. The second-order valence-corrected chi connectivity index (χ2v) is 5.55. The van der Waals surface area contributed by atoms with Crippen LogP contribution in [0.15, 0.2) is 39.3 Å². The molecule has 2 rings (SSSR count). The highest BCUT2D eigenvalue weighted by molar-refractivity contribution is 9.10. The molecule has 0 aliphatic carbocycles. The molecule has 0 bridgehead atoms. The molecule has 6 heteroatoms. The Morgan fingerprint density at radius 1 is 0.947 bits per heavy atom. The van der Waals surface area contributed by atoms with Crippen molar-refractivity contribution in [3.8, 4) is 17.2 Å². The van der Waals surface area contributed by atoms with Crippen LogP contribution in [-0.2, 0) is 0 Å². The minimum Gasteiger partial charge on any atom is -0.507 e. The molecule has 2 aromatic rings. The predicted octanol–water partition coefficient (Wildman–Crippen LogP) is 3.56. The molecular weight excluding hydrogens is 380 g/mol. The van der Waals surface area contributed by atoms with Crippen LogP contribution in [0.2, 0.25) is 0 Å². The maximum Gasteiger partial charge on any atom is 0.201 e. The number of phenols is 3. The monoisotopic (exact) mass is 386 g/mol. The molecule has 0 aliphatic heterocycles. The van der Waals surface area contributed by atoms with Gasteiger partial charge in [-0.15, -0.1) is 0 Å². The Hall–Kier alpha value is -1.53. The van der Waals surface area contributed by atoms with Crippen molar-refractivity contribution in [2.24, 2.45) is 0 Å². The van der Waals surface area contributed by atoms with E-state index in [0.29, 0.717) is 8.95 Å². The van der Waals surface area contributed by atoms with E-state index in [1.807, 2.05) is 0 Å². The molecule has 0 radical (unpaired) electrons. The predicted molar refractivity (Wildman–Crippen MR) is 76.7 cm³/mol. The molecule has 98 valence electrons. The highest BCUT2D eigenvalue weighted by atomic mass is 79.9. The van der Waals surface area contributed by atoms with Gasteiger partial charge in [-0.3, -0.25) is 4.79 Å². The first-order chi connectivity index (χ1) is 8.91. The zero-order valence-electron chi connectivity index (χ0n) is 9.39. The van der Waals surface area contributed by atoms with E-state index in [-0.39, 0.29) is 16.9 Å². The van der Waals surface area contributed by atoms with E-state index in [1.165, 1.54) is 24.3 Å². The fourth-order valence-electron chi connectivity index (χ4n) is 1.60. The average molecular weight is 388 g/mol. The molecule has 0 aromatic heterocycles. The maximum absolute atomic E-state index is 12.3. The van der Waals surface area contributed by atoms with Crippen molar-refractivity contribution >= 4 is 37.6 Å². The molecular formula is C13H8Br2O4. The van der Waals surface area contributed by atoms with Crippen LogP contribution < -0.4 is 0 Å². The lowest BCUT2D eigenvalue weighted by Gasteiger charge is -2.09. The summed E-state index contributed by atoms with van der Waals surface area (Å²) in [6, 6.07) is 7.09. The highest BCUT2D eigenvalue weighted by Crippen LogP contribution is 2.37. The molecule has 0 saturated heterocycles. The molecule has 2 aromatic carbocycles. The second kappa shape index (κ2) is 5.22. The molecule has 3 N–H and O–H groups in total. The standard InChI is InChI=1S/C13H8Br2O4/c14-6-1-3-9(16)7(5-6)12(18)11-8(15)2-4-10(17)13(11)19/h1-5,16-17,19H. The van der Waals surface area contributed by atoms with Crippen molar-refractivity contribution in [3.63, 3.8) is 0 Å². The Bertz CT molecular complexity index is 668. The van der Waals surface area contributed by atoms with Gasteiger partial charge in [0.25, 0.3) is 0 Å². The number of hydrogen-bond donors (Lipinski definition) is 3. The second-order valence-electron chi connectivity index (χ2n) is 3.78. The number of halogens is 2. The van der Waals surface area contributed by atoms with Crippen molar-refractivity contribution < 1.29 is 20.1 Å². The molecule has 0 amide bonds. The lowest BCUT2D eigenvalue weighted by molar-refractivity contribution is 0.103. The van der Waals surface area contributed by atoms with Gasteiger partial charge in [-0.25, -0.2) is 0 Å². The van der Waals surface area contributed by atoms with Gasteiger partial charge in [0, 0.05) is 8.95 Å². The molecule has 19 heavy (non-hydrogen) atoms. The van der Waals surface area contributed by atoms with Crippen LogP contribution in [-0.4, -0.2) is 21.1 Å². The first kappa shape index (κ1) is 13.9. The fourth-order valence-corrected chi connectivity index (χ4v) is 2.46. The molecule has 0 spiro atoms. The first-order valence-electron chi connectivity index (χ1n) is 5.15. The van der Waals surface area contributed by atoms with Crippen molar-refractivity contribution in [1.29, 1.82) is 0 Å². The first-order valence-corrected chi connectivity index (χ1v) is 6.74. The van der Waals surface area contributed by atoms with Crippen LogP contribution in [0.4, 0.5) is 0 Å². The van der Waals surface area contributed by atoms with E-state index in [9.17, 15) is 20.1 Å². The zero-order valence-corrected chi connectivity index (χ0v) is 12.6. The van der Waals surface area contributed by atoms with Gasteiger partial charge in [0.05, 0.1) is 11.1 Å².